The van der Waals surface area contributed by atoms with Gasteiger partial charge in [-0.15, -0.1) is 0 Å². The largest absolute Gasteiger partial charge is 0.345 e. The first-order chi connectivity index (χ1) is 8.18. The Kier molecular flexibility index (Phi) is 2.93. The molecule has 90 valence electrons. The van der Waals surface area contributed by atoms with Crippen molar-refractivity contribution in [2.45, 2.75) is 18.9 Å². The van der Waals surface area contributed by atoms with E-state index in [0.29, 0.717) is 6.04 Å². The van der Waals surface area contributed by atoms with Gasteiger partial charge in [0.2, 0.25) is 0 Å². The summed E-state index contributed by atoms with van der Waals surface area (Å²) in [5, 5.41) is 5.57. The highest BCUT2D eigenvalue weighted by Crippen LogP contribution is 2.37. The number of halogens is 2. The summed E-state index contributed by atoms with van der Waals surface area (Å²) in [6, 6.07) is 6.52. The van der Waals surface area contributed by atoms with Gasteiger partial charge in [-0.1, -0.05) is 17.7 Å². The van der Waals surface area contributed by atoms with Gasteiger partial charge >= 0.3 is 0 Å². The molecule has 1 fully saturated rings. The van der Waals surface area contributed by atoms with Crippen LogP contribution in [0.3, 0.4) is 0 Å². The number of hydrogen-bond acceptors (Lipinski definition) is 1. The Morgan fingerprint density at radius 3 is 3.00 bits per heavy atom. The zero-order valence-corrected chi connectivity index (χ0v) is 12.0. The van der Waals surface area contributed by atoms with Gasteiger partial charge in [-0.2, -0.15) is 0 Å². The lowest BCUT2D eigenvalue weighted by molar-refractivity contribution is 0.601. The second-order valence-electron chi connectivity index (χ2n) is 4.57. The van der Waals surface area contributed by atoms with Gasteiger partial charge in [0.15, 0.2) is 0 Å². The maximum atomic E-state index is 6.07. The molecular weight excluding hydrogens is 300 g/mol. The fraction of sp³-hybridized carbons (Fsp3) is 0.385. The van der Waals surface area contributed by atoms with Gasteiger partial charge in [-0.3, -0.25) is 0 Å². The average Bonchev–Trinajstić information content (AvgIpc) is 2.88. The Bertz CT molecular complexity index is 570. The Labute approximate surface area is 114 Å². The van der Waals surface area contributed by atoms with Gasteiger partial charge in [0.05, 0.1) is 5.52 Å². The van der Waals surface area contributed by atoms with E-state index in [2.05, 4.69) is 38.9 Å². The molecule has 1 unspecified atom stereocenters. The number of fused-ring (bicyclic) bond motifs is 1. The van der Waals surface area contributed by atoms with Crippen molar-refractivity contribution >= 4 is 38.4 Å². The summed E-state index contributed by atoms with van der Waals surface area (Å²) in [6.07, 6.45) is 2.45. The lowest BCUT2D eigenvalue weighted by Crippen LogP contribution is -2.16. The van der Waals surface area contributed by atoms with Crippen molar-refractivity contribution in [1.82, 2.24) is 9.88 Å². The zero-order valence-electron chi connectivity index (χ0n) is 9.63. The van der Waals surface area contributed by atoms with E-state index >= 15 is 0 Å². The molecule has 0 radical (unpaired) electrons. The minimum absolute atomic E-state index is 0.459. The fourth-order valence-corrected chi connectivity index (χ4v) is 3.73. The normalized spacial score (nSPS) is 20.3. The first-order valence-corrected chi connectivity index (χ1v) is 7.02. The third kappa shape index (κ3) is 1.81. The van der Waals surface area contributed by atoms with Crippen LogP contribution < -0.4 is 5.32 Å². The van der Waals surface area contributed by atoms with Gasteiger partial charge in [0, 0.05) is 33.7 Å². The van der Waals surface area contributed by atoms with E-state index in [1.54, 1.807) is 0 Å². The first kappa shape index (κ1) is 11.6. The number of aryl methyl sites for hydroxylation is 1. The smallest absolute Gasteiger partial charge is 0.0507 e. The van der Waals surface area contributed by atoms with Gasteiger partial charge in [-0.25, -0.2) is 0 Å². The highest BCUT2D eigenvalue weighted by molar-refractivity contribution is 9.10. The summed E-state index contributed by atoms with van der Waals surface area (Å²) in [6.45, 7) is 1.11. The van der Waals surface area contributed by atoms with E-state index in [1.165, 1.54) is 33.9 Å². The quantitative estimate of drug-likeness (QED) is 0.841. The first-order valence-electron chi connectivity index (χ1n) is 5.85. The van der Waals surface area contributed by atoms with Crippen molar-refractivity contribution < 1.29 is 0 Å². The second-order valence-corrected chi connectivity index (χ2v) is 5.80. The fourth-order valence-electron chi connectivity index (χ4n) is 2.69. The Morgan fingerprint density at radius 2 is 2.29 bits per heavy atom. The molecule has 1 N–H and O–H groups in total. The van der Waals surface area contributed by atoms with Crippen molar-refractivity contribution in [3.63, 3.8) is 0 Å². The lowest BCUT2D eigenvalue weighted by Gasteiger charge is -2.12. The highest BCUT2D eigenvalue weighted by atomic mass is 79.9. The van der Waals surface area contributed by atoms with Crippen molar-refractivity contribution in [3.05, 3.63) is 33.4 Å². The minimum atomic E-state index is 0.459. The van der Waals surface area contributed by atoms with Gasteiger partial charge < -0.3 is 9.88 Å². The molecule has 0 bridgehead atoms. The number of nitrogens with one attached hydrogen (secondary N) is 1. The van der Waals surface area contributed by atoms with Gasteiger partial charge in [-0.05, 0) is 47.4 Å². The molecule has 1 saturated heterocycles. The summed E-state index contributed by atoms with van der Waals surface area (Å²) in [4.78, 5) is 0. The molecule has 1 aromatic carbocycles. The highest BCUT2D eigenvalue weighted by Gasteiger charge is 2.24. The molecule has 4 heteroatoms. The predicted molar refractivity (Wildman–Crippen MR) is 75.6 cm³/mol. The third-order valence-electron chi connectivity index (χ3n) is 3.53. The number of aromatic nitrogens is 1. The lowest BCUT2D eigenvalue weighted by atomic mass is 10.1. The SMILES string of the molecule is Cn1c(C2CCCN2)c(Br)c2ccc(Cl)cc21. The number of hydrogen-bond donors (Lipinski definition) is 1. The Balaban J connectivity index is 2.24. The summed E-state index contributed by atoms with van der Waals surface area (Å²) < 4.78 is 3.44. The summed E-state index contributed by atoms with van der Waals surface area (Å²) in [7, 11) is 2.11. The van der Waals surface area contributed by atoms with Crippen molar-refractivity contribution in [2.24, 2.45) is 7.05 Å². The third-order valence-corrected chi connectivity index (χ3v) is 4.60. The monoisotopic (exact) mass is 312 g/mol. The zero-order chi connectivity index (χ0) is 12.0. The van der Waals surface area contributed by atoms with Gasteiger partial charge in [0.25, 0.3) is 0 Å². The van der Waals surface area contributed by atoms with Crippen LogP contribution in [0.25, 0.3) is 10.9 Å². The van der Waals surface area contributed by atoms with Crippen LogP contribution in [0, 0.1) is 0 Å². The second kappa shape index (κ2) is 4.30. The van der Waals surface area contributed by atoms with Crippen molar-refractivity contribution in [3.8, 4) is 0 Å². The standard InChI is InChI=1S/C13H14BrClN2/c1-17-11-7-8(15)4-5-9(11)12(14)13(17)10-3-2-6-16-10/h4-5,7,10,16H,2-3,6H2,1H3. The molecule has 0 aliphatic carbocycles. The van der Waals surface area contributed by atoms with Crippen LogP contribution in [0.1, 0.15) is 24.6 Å². The molecule has 1 aliphatic heterocycles. The number of rotatable bonds is 1. The molecule has 0 spiro atoms. The maximum absolute atomic E-state index is 6.07. The summed E-state index contributed by atoms with van der Waals surface area (Å²) in [5.74, 6) is 0. The van der Waals surface area contributed by atoms with Crippen LogP contribution in [0.4, 0.5) is 0 Å². The van der Waals surface area contributed by atoms with E-state index in [1.807, 2.05) is 12.1 Å². The number of benzene rings is 1. The van der Waals surface area contributed by atoms with Crippen LogP contribution in [0.15, 0.2) is 22.7 Å². The topological polar surface area (TPSA) is 17.0 Å². The summed E-state index contributed by atoms with van der Waals surface area (Å²) >= 11 is 9.80. The van der Waals surface area contributed by atoms with E-state index in [0.717, 1.165) is 11.6 Å². The molecule has 0 saturated carbocycles. The van der Waals surface area contributed by atoms with E-state index in [9.17, 15) is 0 Å². The molecular formula is C13H14BrClN2. The van der Waals surface area contributed by atoms with Crippen LogP contribution in [0.5, 0.6) is 0 Å². The van der Waals surface area contributed by atoms with Crippen molar-refractivity contribution in [2.75, 3.05) is 6.54 Å². The van der Waals surface area contributed by atoms with Gasteiger partial charge in [0.1, 0.15) is 0 Å². The molecule has 3 rings (SSSR count). The molecule has 2 heterocycles. The van der Waals surface area contributed by atoms with Crippen LogP contribution in [0.2, 0.25) is 5.02 Å². The molecule has 0 amide bonds. The maximum Gasteiger partial charge on any atom is 0.0507 e. The minimum Gasteiger partial charge on any atom is -0.345 e. The molecule has 1 aliphatic rings. The molecule has 2 aromatic rings. The molecule has 2 nitrogen and oxygen atoms in total. The van der Waals surface area contributed by atoms with E-state index in [-0.39, 0.29) is 0 Å². The van der Waals surface area contributed by atoms with Crippen LogP contribution in [-0.4, -0.2) is 11.1 Å². The molecule has 1 atom stereocenters. The average molecular weight is 314 g/mol. The Morgan fingerprint density at radius 1 is 1.47 bits per heavy atom. The number of nitrogens with zero attached hydrogens (tertiary/aromatic N) is 1. The van der Waals surface area contributed by atoms with Crippen molar-refractivity contribution in [1.29, 1.82) is 0 Å². The van der Waals surface area contributed by atoms with Crippen LogP contribution in [-0.2, 0) is 7.05 Å². The van der Waals surface area contributed by atoms with Crippen LogP contribution >= 0.6 is 27.5 Å². The summed E-state index contributed by atoms with van der Waals surface area (Å²) in [5.41, 5.74) is 2.52. The Hall–Kier alpha value is -0.510. The molecule has 1 aromatic heterocycles. The van der Waals surface area contributed by atoms with E-state index < -0.39 is 0 Å². The predicted octanol–water partition coefficient (Wildman–Crippen LogP) is 4.02. The molecule has 17 heavy (non-hydrogen) atoms. The van der Waals surface area contributed by atoms with E-state index in [4.69, 9.17) is 11.6 Å².